The Labute approximate surface area is 100 Å². The number of rotatable bonds is 5. The fraction of sp³-hybridized carbons (Fsp3) is 0.818. The molecular weight excluding hydrogens is 222 g/mol. The van der Waals surface area contributed by atoms with Gasteiger partial charge in [0.1, 0.15) is 0 Å². The Kier molecular flexibility index (Phi) is 3.63. The summed E-state index contributed by atoms with van der Waals surface area (Å²) in [7, 11) is 0. The standard InChI is InChI=1S/C11H19N3O3/c12-10(15)6-14-4-7(11(16)17)3-9(5-14)13-8-1-2-8/h7-9,13H,1-6H2,(H2,12,15)(H,16,17). The SMILES string of the molecule is NC(=O)CN1CC(NC2CC2)CC(C(=O)O)C1. The quantitative estimate of drug-likeness (QED) is 0.573. The highest BCUT2D eigenvalue weighted by molar-refractivity contribution is 5.76. The van der Waals surface area contributed by atoms with Crippen LogP contribution in [0.5, 0.6) is 0 Å². The van der Waals surface area contributed by atoms with E-state index in [0.29, 0.717) is 25.6 Å². The van der Waals surface area contributed by atoms with Gasteiger partial charge < -0.3 is 16.2 Å². The van der Waals surface area contributed by atoms with E-state index < -0.39 is 17.8 Å². The van der Waals surface area contributed by atoms with Crippen molar-refractivity contribution in [2.24, 2.45) is 11.7 Å². The summed E-state index contributed by atoms with van der Waals surface area (Å²) < 4.78 is 0. The van der Waals surface area contributed by atoms with E-state index in [1.54, 1.807) is 0 Å². The van der Waals surface area contributed by atoms with Crippen molar-refractivity contribution in [3.63, 3.8) is 0 Å². The normalized spacial score (nSPS) is 30.1. The Balaban J connectivity index is 1.92. The fourth-order valence-corrected chi connectivity index (χ4v) is 2.42. The van der Waals surface area contributed by atoms with Crippen molar-refractivity contribution in [2.75, 3.05) is 19.6 Å². The first-order valence-electron chi connectivity index (χ1n) is 6.04. The van der Waals surface area contributed by atoms with Gasteiger partial charge in [-0.1, -0.05) is 0 Å². The smallest absolute Gasteiger partial charge is 0.307 e. The van der Waals surface area contributed by atoms with Crippen LogP contribution in [-0.2, 0) is 9.59 Å². The zero-order valence-corrected chi connectivity index (χ0v) is 9.76. The average molecular weight is 241 g/mol. The van der Waals surface area contributed by atoms with Crippen LogP contribution in [0.2, 0.25) is 0 Å². The number of nitrogens with one attached hydrogen (secondary N) is 1. The molecule has 1 aliphatic heterocycles. The monoisotopic (exact) mass is 241 g/mol. The number of carboxylic acids is 1. The van der Waals surface area contributed by atoms with E-state index in [-0.39, 0.29) is 12.6 Å². The average Bonchev–Trinajstić information content (AvgIpc) is 3.00. The van der Waals surface area contributed by atoms with Crippen LogP contribution >= 0.6 is 0 Å². The van der Waals surface area contributed by atoms with E-state index in [9.17, 15) is 9.59 Å². The van der Waals surface area contributed by atoms with Gasteiger partial charge in [-0.25, -0.2) is 0 Å². The third-order valence-corrected chi connectivity index (χ3v) is 3.30. The molecule has 0 radical (unpaired) electrons. The summed E-state index contributed by atoms with van der Waals surface area (Å²) in [6.45, 7) is 1.27. The van der Waals surface area contributed by atoms with Crippen molar-refractivity contribution in [1.29, 1.82) is 0 Å². The molecule has 2 fully saturated rings. The van der Waals surface area contributed by atoms with E-state index in [1.165, 1.54) is 12.8 Å². The molecule has 0 aromatic carbocycles. The fourth-order valence-electron chi connectivity index (χ4n) is 2.42. The van der Waals surface area contributed by atoms with Gasteiger partial charge in [0.05, 0.1) is 12.5 Å². The molecule has 0 spiro atoms. The lowest BCUT2D eigenvalue weighted by atomic mass is 9.94. The molecule has 0 bridgehead atoms. The number of amides is 1. The van der Waals surface area contributed by atoms with Gasteiger partial charge in [-0.3, -0.25) is 14.5 Å². The van der Waals surface area contributed by atoms with Crippen LogP contribution in [0, 0.1) is 5.92 Å². The second-order valence-electron chi connectivity index (χ2n) is 5.07. The maximum absolute atomic E-state index is 11.1. The van der Waals surface area contributed by atoms with Crippen LogP contribution in [0.1, 0.15) is 19.3 Å². The van der Waals surface area contributed by atoms with Crippen molar-refractivity contribution in [3.05, 3.63) is 0 Å². The second-order valence-corrected chi connectivity index (χ2v) is 5.07. The Morgan fingerprint density at radius 3 is 2.53 bits per heavy atom. The Bertz CT molecular complexity index is 317. The molecule has 2 unspecified atom stereocenters. The summed E-state index contributed by atoms with van der Waals surface area (Å²) in [5.41, 5.74) is 5.16. The molecule has 1 saturated carbocycles. The molecule has 4 N–H and O–H groups in total. The van der Waals surface area contributed by atoms with Crippen molar-refractivity contribution >= 4 is 11.9 Å². The summed E-state index contributed by atoms with van der Waals surface area (Å²) in [5.74, 6) is -1.60. The van der Waals surface area contributed by atoms with Crippen molar-refractivity contribution < 1.29 is 14.7 Å². The van der Waals surface area contributed by atoms with Gasteiger partial charge in [0.15, 0.2) is 0 Å². The summed E-state index contributed by atoms with van der Waals surface area (Å²) in [5, 5.41) is 12.5. The van der Waals surface area contributed by atoms with Crippen molar-refractivity contribution in [1.82, 2.24) is 10.2 Å². The molecule has 2 rings (SSSR count). The zero-order valence-electron chi connectivity index (χ0n) is 9.76. The molecular formula is C11H19N3O3. The number of piperidine rings is 1. The largest absolute Gasteiger partial charge is 0.481 e. The van der Waals surface area contributed by atoms with E-state index in [2.05, 4.69) is 5.32 Å². The number of carbonyl (C=O) groups is 2. The van der Waals surface area contributed by atoms with Crippen LogP contribution in [0.25, 0.3) is 0 Å². The number of aliphatic carboxylic acids is 1. The number of carboxylic acid groups (broad SMARTS) is 1. The number of primary amides is 1. The summed E-state index contributed by atoms with van der Waals surface area (Å²) >= 11 is 0. The van der Waals surface area contributed by atoms with Crippen LogP contribution in [0.4, 0.5) is 0 Å². The summed E-state index contributed by atoms with van der Waals surface area (Å²) in [4.78, 5) is 23.8. The number of hydrogen-bond acceptors (Lipinski definition) is 4. The lowest BCUT2D eigenvalue weighted by Gasteiger charge is -2.36. The maximum Gasteiger partial charge on any atom is 0.307 e. The molecule has 1 aliphatic carbocycles. The van der Waals surface area contributed by atoms with Gasteiger partial charge in [-0.2, -0.15) is 0 Å². The summed E-state index contributed by atoms with van der Waals surface area (Å²) in [6.07, 6.45) is 2.98. The van der Waals surface area contributed by atoms with E-state index >= 15 is 0 Å². The van der Waals surface area contributed by atoms with Crippen LogP contribution in [0.15, 0.2) is 0 Å². The third-order valence-electron chi connectivity index (χ3n) is 3.30. The number of hydrogen-bond donors (Lipinski definition) is 3. The first-order chi connectivity index (χ1) is 8.04. The molecule has 6 heteroatoms. The Hall–Kier alpha value is -1.14. The molecule has 2 atom stereocenters. The molecule has 6 nitrogen and oxygen atoms in total. The highest BCUT2D eigenvalue weighted by atomic mass is 16.4. The van der Waals surface area contributed by atoms with Crippen LogP contribution in [0.3, 0.4) is 0 Å². The first kappa shape index (κ1) is 12.3. The van der Waals surface area contributed by atoms with Crippen LogP contribution < -0.4 is 11.1 Å². The highest BCUT2D eigenvalue weighted by Gasteiger charge is 2.34. The Morgan fingerprint density at radius 2 is 2.00 bits per heavy atom. The van der Waals surface area contributed by atoms with Gasteiger partial charge >= 0.3 is 5.97 Å². The minimum Gasteiger partial charge on any atom is -0.481 e. The lowest BCUT2D eigenvalue weighted by molar-refractivity contribution is -0.144. The van der Waals surface area contributed by atoms with Gasteiger partial charge in [-0.05, 0) is 19.3 Å². The Morgan fingerprint density at radius 1 is 1.29 bits per heavy atom. The molecule has 2 aliphatic rings. The zero-order chi connectivity index (χ0) is 12.4. The van der Waals surface area contributed by atoms with Gasteiger partial charge in [0.2, 0.25) is 5.91 Å². The minimum absolute atomic E-state index is 0.145. The molecule has 17 heavy (non-hydrogen) atoms. The molecule has 0 aromatic heterocycles. The molecule has 1 amide bonds. The minimum atomic E-state index is -0.790. The second kappa shape index (κ2) is 5.01. The molecule has 1 heterocycles. The first-order valence-corrected chi connectivity index (χ1v) is 6.04. The summed E-state index contributed by atoms with van der Waals surface area (Å²) in [6, 6.07) is 0.708. The van der Waals surface area contributed by atoms with Crippen LogP contribution in [-0.4, -0.2) is 53.6 Å². The number of nitrogens with zero attached hydrogens (tertiary/aromatic N) is 1. The van der Waals surface area contributed by atoms with Gasteiger partial charge in [0, 0.05) is 25.2 Å². The molecule has 0 aromatic rings. The highest BCUT2D eigenvalue weighted by Crippen LogP contribution is 2.23. The lowest BCUT2D eigenvalue weighted by Crippen LogP contribution is -2.53. The van der Waals surface area contributed by atoms with Crippen molar-refractivity contribution in [3.8, 4) is 0 Å². The van der Waals surface area contributed by atoms with E-state index in [1.807, 2.05) is 4.90 Å². The van der Waals surface area contributed by atoms with E-state index in [0.717, 1.165) is 0 Å². The molecule has 96 valence electrons. The number of carbonyl (C=O) groups excluding carboxylic acids is 1. The molecule has 1 saturated heterocycles. The predicted molar refractivity (Wildman–Crippen MR) is 61.3 cm³/mol. The number of nitrogens with two attached hydrogens (primary N) is 1. The van der Waals surface area contributed by atoms with Crippen molar-refractivity contribution in [2.45, 2.75) is 31.3 Å². The maximum atomic E-state index is 11.1. The number of likely N-dealkylation sites (tertiary alicyclic amines) is 1. The van der Waals surface area contributed by atoms with Gasteiger partial charge in [-0.15, -0.1) is 0 Å². The third kappa shape index (κ3) is 3.67. The predicted octanol–water partition coefficient (Wildman–Crippen LogP) is -1.00. The van der Waals surface area contributed by atoms with E-state index in [4.69, 9.17) is 10.8 Å². The van der Waals surface area contributed by atoms with Gasteiger partial charge in [0.25, 0.3) is 0 Å². The topological polar surface area (TPSA) is 95.7 Å².